The van der Waals surface area contributed by atoms with E-state index in [1.807, 2.05) is 5.38 Å². The number of aromatic nitrogens is 1. The van der Waals surface area contributed by atoms with Gasteiger partial charge in [-0.2, -0.15) is 0 Å². The fourth-order valence-corrected chi connectivity index (χ4v) is 2.93. The molecule has 1 aromatic heterocycles. The molecule has 15 heavy (non-hydrogen) atoms. The quantitative estimate of drug-likeness (QED) is 0.857. The van der Waals surface area contributed by atoms with E-state index in [4.69, 9.17) is 5.11 Å². The fraction of sp³-hybridized carbons (Fsp3) is 0.636. The summed E-state index contributed by atoms with van der Waals surface area (Å²) in [7, 11) is 0. The summed E-state index contributed by atoms with van der Waals surface area (Å²) >= 11 is 1.68. The Morgan fingerprint density at radius 1 is 1.67 bits per heavy atom. The van der Waals surface area contributed by atoms with Gasteiger partial charge in [-0.1, -0.05) is 13.3 Å². The van der Waals surface area contributed by atoms with Crippen LogP contribution in [-0.2, 0) is 16.6 Å². The van der Waals surface area contributed by atoms with E-state index in [1.165, 1.54) is 24.3 Å². The summed E-state index contributed by atoms with van der Waals surface area (Å²) in [6.07, 6.45) is 4.47. The maximum atomic E-state index is 10.4. The molecule has 0 aromatic carbocycles. The van der Waals surface area contributed by atoms with E-state index >= 15 is 0 Å². The molecule has 0 spiro atoms. The van der Waals surface area contributed by atoms with Crippen molar-refractivity contribution in [1.82, 2.24) is 4.98 Å². The summed E-state index contributed by atoms with van der Waals surface area (Å²) in [6.45, 7) is 2.25. The molecular formula is C11H15NO2S. The molecule has 0 aliphatic heterocycles. The smallest absolute Gasteiger partial charge is 0.303 e. The summed E-state index contributed by atoms with van der Waals surface area (Å²) in [5, 5.41) is 11.8. The van der Waals surface area contributed by atoms with Crippen molar-refractivity contribution in [1.29, 1.82) is 0 Å². The zero-order chi connectivity index (χ0) is 10.9. The SMILES string of the molecule is CC1(c2nc(CCC(=O)O)cs2)CCC1. The van der Waals surface area contributed by atoms with Crippen LogP contribution in [0.4, 0.5) is 0 Å². The van der Waals surface area contributed by atoms with Crippen LogP contribution in [0.1, 0.15) is 43.3 Å². The van der Waals surface area contributed by atoms with Gasteiger partial charge in [0.25, 0.3) is 0 Å². The Bertz CT molecular complexity index is 368. The fourth-order valence-electron chi connectivity index (χ4n) is 1.85. The lowest BCUT2D eigenvalue weighted by Gasteiger charge is -2.36. The van der Waals surface area contributed by atoms with Crippen molar-refractivity contribution in [3.63, 3.8) is 0 Å². The van der Waals surface area contributed by atoms with Gasteiger partial charge >= 0.3 is 5.97 Å². The van der Waals surface area contributed by atoms with E-state index in [0.717, 1.165) is 5.69 Å². The second-order valence-electron chi connectivity index (χ2n) is 4.45. The highest BCUT2D eigenvalue weighted by atomic mass is 32.1. The molecule has 0 radical (unpaired) electrons. The number of aliphatic carboxylic acids is 1. The zero-order valence-electron chi connectivity index (χ0n) is 8.82. The predicted octanol–water partition coefficient (Wildman–Crippen LogP) is 2.60. The van der Waals surface area contributed by atoms with Gasteiger partial charge in [0.1, 0.15) is 0 Å². The molecule has 1 fully saturated rings. The molecule has 2 rings (SSSR count). The minimum Gasteiger partial charge on any atom is -0.481 e. The van der Waals surface area contributed by atoms with Crippen LogP contribution in [0.5, 0.6) is 0 Å². The molecule has 0 atom stereocenters. The van der Waals surface area contributed by atoms with E-state index in [2.05, 4.69) is 11.9 Å². The van der Waals surface area contributed by atoms with Gasteiger partial charge < -0.3 is 5.11 Å². The normalized spacial score (nSPS) is 18.5. The van der Waals surface area contributed by atoms with Crippen LogP contribution < -0.4 is 0 Å². The van der Waals surface area contributed by atoms with Crippen LogP contribution in [0.15, 0.2) is 5.38 Å². The molecule has 4 heteroatoms. The number of nitrogens with zero attached hydrogens (tertiary/aromatic N) is 1. The van der Waals surface area contributed by atoms with E-state index in [0.29, 0.717) is 6.42 Å². The average Bonchev–Trinajstić information content (AvgIpc) is 2.59. The second kappa shape index (κ2) is 3.93. The molecule has 1 aromatic rings. The molecule has 0 amide bonds. The number of carbonyl (C=O) groups is 1. The van der Waals surface area contributed by atoms with Gasteiger partial charge in [0.15, 0.2) is 0 Å². The Labute approximate surface area is 93.2 Å². The first-order valence-electron chi connectivity index (χ1n) is 5.27. The standard InChI is InChI=1S/C11H15NO2S/c1-11(5-2-6-11)10-12-8(7-15-10)3-4-9(13)14/h7H,2-6H2,1H3,(H,13,14). The van der Waals surface area contributed by atoms with Crippen LogP contribution in [0, 0.1) is 0 Å². The van der Waals surface area contributed by atoms with Crippen molar-refractivity contribution in [3.8, 4) is 0 Å². The van der Waals surface area contributed by atoms with E-state index in [9.17, 15) is 4.79 Å². The highest BCUT2D eigenvalue weighted by Crippen LogP contribution is 2.44. The number of rotatable bonds is 4. The Kier molecular flexibility index (Phi) is 2.78. The molecule has 1 heterocycles. The Morgan fingerprint density at radius 3 is 2.93 bits per heavy atom. The van der Waals surface area contributed by atoms with Crippen molar-refractivity contribution in [2.45, 2.75) is 44.4 Å². The monoisotopic (exact) mass is 225 g/mol. The van der Waals surface area contributed by atoms with Crippen LogP contribution >= 0.6 is 11.3 Å². The van der Waals surface area contributed by atoms with Gasteiger partial charge in [-0.25, -0.2) is 4.98 Å². The summed E-state index contributed by atoms with van der Waals surface area (Å²) in [5.41, 5.74) is 1.22. The summed E-state index contributed by atoms with van der Waals surface area (Å²) < 4.78 is 0. The lowest BCUT2D eigenvalue weighted by Crippen LogP contribution is -2.30. The van der Waals surface area contributed by atoms with Crippen molar-refractivity contribution < 1.29 is 9.90 Å². The van der Waals surface area contributed by atoms with Crippen molar-refractivity contribution in [3.05, 3.63) is 16.1 Å². The van der Waals surface area contributed by atoms with Gasteiger partial charge in [0.05, 0.1) is 17.1 Å². The van der Waals surface area contributed by atoms with Gasteiger partial charge in [-0.15, -0.1) is 11.3 Å². The largest absolute Gasteiger partial charge is 0.481 e. The minimum atomic E-state index is -0.751. The number of thiazole rings is 1. The van der Waals surface area contributed by atoms with Crippen LogP contribution in [-0.4, -0.2) is 16.1 Å². The third-order valence-electron chi connectivity index (χ3n) is 3.12. The Hall–Kier alpha value is -0.900. The second-order valence-corrected chi connectivity index (χ2v) is 5.31. The van der Waals surface area contributed by atoms with Gasteiger partial charge in [-0.3, -0.25) is 4.79 Å². The van der Waals surface area contributed by atoms with E-state index in [1.54, 1.807) is 11.3 Å². The first-order chi connectivity index (χ1) is 7.10. The van der Waals surface area contributed by atoms with Crippen molar-refractivity contribution in [2.75, 3.05) is 0 Å². The number of hydrogen-bond donors (Lipinski definition) is 1. The molecule has 1 saturated carbocycles. The van der Waals surface area contributed by atoms with Crippen molar-refractivity contribution >= 4 is 17.3 Å². The minimum absolute atomic E-state index is 0.180. The zero-order valence-corrected chi connectivity index (χ0v) is 9.64. The molecule has 0 unspecified atom stereocenters. The van der Waals surface area contributed by atoms with Crippen LogP contribution in [0.3, 0.4) is 0 Å². The van der Waals surface area contributed by atoms with Crippen molar-refractivity contribution in [2.24, 2.45) is 0 Å². The maximum Gasteiger partial charge on any atom is 0.303 e. The lowest BCUT2D eigenvalue weighted by molar-refractivity contribution is -0.136. The molecule has 1 aliphatic rings. The number of aryl methyl sites for hydroxylation is 1. The Balaban J connectivity index is 2.00. The summed E-state index contributed by atoms with van der Waals surface area (Å²) in [5.74, 6) is -0.751. The highest BCUT2D eigenvalue weighted by Gasteiger charge is 2.36. The number of carboxylic acid groups (broad SMARTS) is 1. The molecule has 3 nitrogen and oxygen atoms in total. The summed E-state index contributed by atoms with van der Waals surface area (Å²) in [4.78, 5) is 15.0. The first kappa shape index (κ1) is 10.6. The Morgan fingerprint density at radius 2 is 2.40 bits per heavy atom. The molecule has 0 bridgehead atoms. The number of carboxylic acids is 1. The van der Waals surface area contributed by atoms with Gasteiger partial charge in [-0.05, 0) is 12.8 Å². The molecule has 1 aliphatic carbocycles. The topological polar surface area (TPSA) is 50.2 Å². The third kappa shape index (κ3) is 2.20. The van der Waals surface area contributed by atoms with E-state index in [-0.39, 0.29) is 11.8 Å². The van der Waals surface area contributed by atoms with Gasteiger partial charge in [0.2, 0.25) is 0 Å². The predicted molar refractivity (Wildman–Crippen MR) is 59.3 cm³/mol. The molecule has 0 saturated heterocycles. The first-order valence-corrected chi connectivity index (χ1v) is 6.15. The molecular weight excluding hydrogens is 210 g/mol. The average molecular weight is 225 g/mol. The van der Waals surface area contributed by atoms with Crippen LogP contribution in [0.2, 0.25) is 0 Å². The third-order valence-corrected chi connectivity index (χ3v) is 4.32. The summed E-state index contributed by atoms with van der Waals surface area (Å²) in [6, 6.07) is 0. The lowest BCUT2D eigenvalue weighted by atomic mass is 9.71. The highest BCUT2D eigenvalue weighted by molar-refractivity contribution is 7.09. The van der Waals surface area contributed by atoms with E-state index < -0.39 is 5.97 Å². The molecule has 1 N–H and O–H groups in total. The number of hydrogen-bond acceptors (Lipinski definition) is 3. The maximum absolute atomic E-state index is 10.4. The molecule has 82 valence electrons. The van der Waals surface area contributed by atoms with Crippen LogP contribution in [0.25, 0.3) is 0 Å². The van der Waals surface area contributed by atoms with Gasteiger partial charge in [0, 0.05) is 17.2 Å².